The van der Waals surface area contributed by atoms with Crippen molar-refractivity contribution in [2.75, 3.05) is 10.2 Å². The first-order valence-electron chi connectivity index (χ1n) is 10.9. The predicted octanol–water partition coefficient (Wildman–Crippen LogP) is 4.96. The number of nitrogens with zero attached hydrogens (tertiary/aromatic N) is 3. The Morgan fingerprint density at radius 2 is 1.61 bits per heavy atom. The maximum Gasteiger partial charge on any atom is 0.258 e. The van der Waals surface area contributed by atoms with Gasteiger partial charge in [0.25, 0.3) is 11.8 Å². The van der Waals surface area contributed by atoms with E-state index in [0.29, 0.717) is 29.9 Å². The van der Waals surface area contributed by atoms with Gasteiger partial charge in [0.1, 0.15) is 5.82 Å². The molecule has 6 nitrogen and oxygen atoms in total. The molecule has 0 bridgehead atoms. The Morgan fingerprint density at radius 3 is 2.36 bits per heavy atom. The van der Waals surface area contributed by atoms with Gasteiger partial charge in [0.15, 0.2) is 0 Å². The van der Waals surface area contributed by atoms with Gasteiger partial charge in [0, 0.05) is 34.9 Å². The first-order chi connectivity index (χ1) is 16.0. The summed E-state index contributed by atoms with van der Waals surface area (Å²) in [6.45, 7) is 4.93. The minimum Gasteiger partial charge on any atom is -0.329 e. The van der Waals surface area contributed by atoms with Gasteiger partial charge in [0.2, 0.25) is 0 Å². The fraction of sp³-hybridized carbons (Fsp3) is 0.148. The highest BCUT2D eigenvalue weighted by Gasteiger charge is 2.25. The number of fused-ring (bicyclic) bond motifs is 2. The van der Waals surface area contributed by atoms with Gasteiger partial charge in [-0.25, -0.2) is 4.98 Å². The standard InChI is InChI=1S/C27H24N4O2/c1-18-6-5-7-19(2)25(18)26(32)29-22-12-10-20(11-13-22)27(33)31-17-24-28-14-15-30(24)16-21-8-3-4-9-23(21)31/h3-15H,16-17H2,1-2H3,(H,29,32). The van der Waals surface area contributed by atoms with Crippen molar-refractivity contribution in [1.29, 1.82) is 0 Å². The molecule has 0 spiro atoms. The molecule has 0 fully saturated rings. The van der Waals surface area contributed by atoms with Crippen molar-refractivity contribution in [2.24, 2.45) is 0 Å². The lowest BCUT2D eigenvalue weighted by molar-refractivity contribution is 0.0983. The van der Waals surface area contributed by atoms with Crippen molar-refractivity contribution < 1.29 is 9.59 Å². The molecule has 0 unspecified atom stereocenters. The van der Waals surface area contributed by atoms with Crippen LogP contribution in [0.25, 0.3) is 0 Å². The molecule has 0 saturated heterocycles. The van der Waals surface area contributed by atoms with Crippen LogP contribution in [0.15, 0.2) is 79.1 Å². The van der Waals surface area contributed by atoms with E-state index in [2.05, 4.69) is 14.9 Å². The number of para-hydroxylation sites is 1. The lowest BCUT2D eigenvalue weighted by Crippen LogP contribution is -2.30. The Labute approximate surface area is 192 Å². The second kappa shape index (κ2) is 8.39. The van der Waals surface area contributed by atoms with E-state index in [1.165, 1.54) is 0 Å². The summed E-state index contributed by atoms with van der Waals surface area (Å²) in [5, 5.41) is 2.94. The Morgan fingerprint density at radius 1 is 0.879 bits per heavy atom. The summed E-state index contributed by atoms with van der Waals surface area (Å²) < 4.78 is 2.07. The summed E-state index contributed by atoms with van der Waals surface area (Å²) >= 11 is 0. The van der Waals surface area contributed by atoms with Crippen molar-refractivity contribution in [3.05, 3.63) is 113 Å². The largest absolute Gasteiger partial charge is 0.329 e. The third kappa shape index (κ3) is 3.91. The highest BCUT2D eigenvalue weighted by atomic mass is 16.2. The summed E-state index contributed by atoms with van der Waals surface area (Å²) in [4.78, 5) is 32.5. The van der Waals surface area contributed by atoms with Gasteiger partial charge in [-0.1, -0.05) is 36.4 Å². The fourth-order valence-corrected chi connectivity index (χ4v) is 4.35. The third-order valence-corrected chi connectivity index (χ3v) is 6.07. The van der Waals surface area contributed by atoms with E-state index in [4.69, 9.17) is 0 Å². The summed E-state index contributed by atoms with van der Waals surface area (Å²) in [7, 11) is 0. The van der Waals surface area contributed by atoms with Crippen LogP contribution >= 0.6 is 0 Å². The minimum absolute atomic E-state index is 0.105. The molecule has 33 heavy (non-hydrogen) atoms. The molecule has 6 heteroatoms. The Kier molecular flexibility index (Phi) is 5.26. The lowest BCUT2D eigenvalue weighted by atomic mass is 10.0. The van der Waals surface area contributed by atoms with Crippen LogP contribution in [-0.2, 0) is 13.1 Å². The zero-order valence-corrected chi connectivity index (χ0v) is 18.6. The topological polar surface area (TPSA) is 67.2 Å². The molecule has 164 valence electrons. The summed E-state index contributed by atoms with van der Waals surface area (Å²) in [6, 6.07) is 20.8. The molecule has 1 aliphatic heterocycles. The highest BCUT2D eigenvalue weighted by Crippen LogP contribution is 2.28. The van der Waals surface area contributed by atoms with E-state index < -0.39 is 0 Å². The zero-order valence-electron chi connectivity index (χ0n) is 18.6. The SMILES string of the molecule is Cc1cccc(C)c1C(=O)Nc1ccc(C(=O)N2Cc3nccn3Cc3ccccc32)cc1. The average molecular weight is 437 g/mol. The zero-order chi connectivity index (χ0) is 22.9. The molecule has 2 heterocycles. The van der Waals surface area contributed by atoms with Gasteiger partial charge in [-0.05, 0) is 60.9 Å². The number of benzene rings is 3. The number of hydrogen-bond acceptors (Lipinski definition) is 3. The molecule has 1 aromatic heterocycles. The molecular weight excluding hydrogens is 412 g/mol. The fourth-order valence-electron chi connectivity index (χ4n) is 4.35. The Balaban J connectivity index is 1.39. The van der Waals surface area contributed by atoms with Crippen LogP contribution in [-0.4, -0.2) is 21.4 Å². The number of nitrogens with one attached hydrogen (secondary N) is 1. The minimum atomic E-state index is -0.155. The van der Waals surface area contributed by atoms with Crippen LogP contribution in [0.5, 0.6) is 0 Å². The highest BCUT2D eigenvalue weighted by molar-refractivity contribution is 6.08. The maximum absolute atomic E-state index is 13.5. The molecule has 1 N–H and O–H groups in total. The van der Waals surface area contributed by atoms with E-state index in [1.54, 1.807) is 35.4 Å². The number of carbonyl (C=O) groups is 2. The summed E-state index contributed by atoms with van der Waals surface area (Å²) in [6.07, 6.45) is 3.70. The Hall–Kier alpha value is -4.19. The number of anilines is 2. The number of aryl methyl sites for hydroxylation is 2. The number of amides is 2. The molecule has 5 rings (SSSR count). The van der Waals surface area contributed by atoms with Crippen molar-refractivity contribution in [3.8, 4) is 0 Å². The molecule has 1 aliphatic rings. The second-order valence-corrected chi connectivity index (χ2v) is 8.29. The van der Waals surface area contributed by atoms with Crippen molar-refractivity contribution >= 4 is 23.2 Å². The van der Waals surface area contributed by atoms with Crippen LogP contribution in [0.1, 0.15) is 43.2 Å². The molecular formula is C27H24N4O2. The van der Waals surface area contributed by atoms with Crippen LogP contribution in [0.4, 0.5) is 11.4 Å². The number of carbonyl (C=O) groups excluding carboxylic acids is 2. The van der Waals surface area contributed by atoms with Gasteiger partial charge in [-0.3, -0.25) is 9.59 Å². The van der Waals surface area contributed by atoms with Gasteiger partial charge in [-0.2, -0.15) is 0 Å². The van der Waals surface area contributed by atoms with Gasteiger partial charge >= 0.3 is 0 Å². The molecule has 0 aliphatic carbocycles. The normalized spacial score (nSPS) is 12.5. The predicted molar refractivity (Wildman–Crippen MR) is 129 cm³/mol. The van der Waals surface area contributed by atoms with Crippen LogP contribution in [0.2, 0.25) is 0 Å². The monoisotopic (exact) mass is 436 g/mol. The third-order valence-electron chi connectivity index (χ3n) is 6.07. The van der Waals surface area contributed by atoms with Crippen molar-refractivity contribution in [2.45, 2.75) is 26.9 Å². The second-order valence-electron chi connectivity index (χ2n) is 8.29. The van der Waals surface area contributed by atoms with Crippen LogP contribution < -0.4 is 10.2 Å². The molecule has 0 saturated carbocycles. The van der Waals surface area contributed by atoms with E-state index >= 15 is 0 Å². The number of rotatable bonds is 3. The quantitative estimate of drug-likeness (QED) is 0.494. The first kappa shape index (κ1) is 20.7. The van der Waals surface area contributed by atoms with Crippen molar-refractivity contribution in [3.63, 3.8) is 0 Å². The molecule has 0 radical (unpaired) electrons. The molecule has 3 aromatic carbocycles. The first-order valence-corrected chi connectivity index (χ1v) is 10.9. The molecule has 0 atom stereocenters. The van der Waals surface area contributed by atoms with E-state index in [-0.39, 0.29) is 11.8 Å². The van der Waals surface area contributed by atoms with E-state index in [1.807, 2.05) is 62.5 Å². The summed E-state index contributed by atoms with van der Waals surface area (Å²) in [5.74, 6) is 0.585. The van der Waals surface area contributed by atoms with Gasteiger partial charge in [0.05, 0.1) is 13.1 Å². The van der Waals surface area contributed by atoms with Crippen LogP contribution in [0, 0.1) is 13.8 Å². The van der Waals surface area contributed by atoms with Crippen LogP contribution in [0.3, 0.4) is 0 Å². The van der Waals surface area contributed by atoms with Crippen molar-refractivity contribution in [1.82, 2.24) is 9.55 Å². The number of imidazole rings is 1. The maximum atomic E-state index is 13.5. The summed E-state index contributed by atoms with van der Waals surface area (Å²) in [5.41, 5.74) is 5.69. The number of hydrogen-bond donors (Lipinski definition) is 1. The average Bonchev–Trinajstić information content (AvgIpc) is 3.18. The van der Waals surface area contributed by atoms with Gasteiger partial charge < -0.3 is 14.8 Å². The number of aromatic nitrogens is 2. The lowest BCUT2D eigenvalue weighted by Gasteiger charge is -2.22. The van der Waals surface area contributed by atoms with E-state index in [0.717, 1.165) is 28.2 Å². The Bertz CT molecular complexity index is 1330. The van der Waals surface area contributed by atoms with E-state index in [9.17, 15) is 9.59 Å². The molecule has 2 amide bonds. The van der Waals surface area contributed by atoms with Gasteiger partial charge in [-0.15, -0.1) is 0 Å². The smallest absolute Gasteiger partial charge is 0.258 e. The molecule has 4 aromatic rings.